The number of hydrogen-bond acceptors (Lipinski definition) is 3. The first kappa shape index (κ1) is 14.7. The van der Waals surface area contributed by atoms with Crippen molar-refractivity contribution in [3.8, 4) is 0 Å². The molecular formula is C20H22O3. The lowest BCUT2D eigenvalue weighted by Gasteiger charge is -2.25. The molecule has 0 spiro atoms. The number of ether oxygens (including phenoxy) is 1. The number of rotatable bonds is 2. The lowest BCUT2D eigenvalue weighted by Crippen LogP contribution is -2.33. The van der Waals surface area contributed by atoms with Gasteiger partial charge in [0.25, 0.3) is 0 Å². The van der Waals surface area contributed by atoms with Gasteiger partial charge >= 0.3 is 0 Å². The van der Waals surface area contributed by atoms with Crippen LogP contribution in [0.5, 0.6) is 0 Å². The molecule has 1 N–H and O–H groups in total. The third-order valence-corrected chi connectivity index (χ3v) is 5.75. The number of carbonyl (C=O) groups is 1. The van der Waals surface area contributed by atoms with E-state index in [0.717, 1.165) is 23.1 Å². The third-order valence-electron chi connectivity index (χ3n) is 5.75. The van der Waals surface area contributed by atoms with Crippen molar-refractivity contribution < 1.29 is 14.6 Å². The topological polar surface area (TPSA) is 46.5 Å². The summed E-state index contributed by atoms with van der Waals surface area (Å²) >= 11 is 0. The molecule has 2 heterocycles. The second-order valence-corrected chi connectivity index (χ2v) is 7.22. The van der Waals surface area contributed by atoms with Crippen LogP contribution in [0.3, 0.4) is 0 Å². The second-order valence-electron chi connectivity index (χ2n) is 7.22. The Morgan fingerprint density at radius 2 is 1.87 bits per heavy atom. The summed E-state index contributed by atoms with van der Waals surface area (Å²) in [5.74, 6) is 0.105. The van der Waals surface area contributed by atoms with Gasteiger partial charge in [-0.05, 0) is 43.9 Å². The number of aryl methyl sites for hydroxylation is 3. The lowest BCUT2D eigenvalue weighted by atomic mass is 9.75. The standard InChI is InChI=1S/C20H22O3/c1-5-12-8-13-15-17(20(12)23-13)19(22)16(18(15)21)14-10(3)6-9(2)7-11(14)4/h5-7,12-13,15,17,20,22H,1,8H2,2-4H3/t12-,13+,15+,17-,20-/m1/s1. The van der Waals surface area contributed by atoms with E-state index in [9.17, 15) is 9.90 Å². The van der Waals surface area contributed by atoms with E-state index in [-0.39, 0.29) is 41.5 Å². The summed E-state index contributed by atoms with van der Waals surface area (Å²) in [6.07, 6.45) is 2.56. The van der Waals surface area contributed by atoms with Gasteiger partial charge in [-0.15, -0.1) is 6.58 Å². The monoisotopic (exact) mass is 310 g/mol. The van der Waals surface area contributed by atoms with Crippen LogP contribution in [0.1, 0.15) is 28.7 Å². The van der Waals surface area contributed by atoms with Gasteiger partial charge in [0, 0.05) is 5.92 Å². The number of fused-ring (bicyclic) bond motifs is 5. The molecule has 2 aliphatic heterocycles. The van der Waals surface area contributed by atoms with Crippen molar-refractivity contribution >= 4 is 11.4 Å². The highest BCUT2D eigenvalue weighted by molar-refractivity contribution is 6.26. The first-order valence-corrected chi connectivity index (χ1v) is 8.27. The largest absolute Gasteiger partial charge is 0.511 e. The molecule has 1 aromatic rings. The average Bonchev–Trinajstić information content (AvgIpc) is 3.12. The molecule has 1 aliphatic carbocycles. The number of ketones is 1. The van der Waals surface area contributed by atoms with Crippen molar-refractivity contribution in [2.75, 3.05) is 0 Å². The first-order chi connectivity index (χ1) is 10.9. The fraction of sp³-hybridized carbons (Fsp3) is 0.450. The van der Waals surface area contributed by atoms with Crippen LogP contribution in [-0.2, 0) is 9.53 Å². The molecule has 5 atom stereocenters. The highest BCUT2D eigenvalue weighted by Crippen LogP contribution is 2.56. The summed E-state index contributed by atoms with van der Waals surface area (Å²) in [5.41, 5.74) is 4.70. The normalized spacial score (nSPS) is 35.1. The van der Waals surface area contributed by atoms with Crippen molar-refractivity contribution in [1.29, 1.82) is 0 Å². The van der Waals surface area contributed by atoms with Gasteiger partial charge in [0.2, 0.25) is 0 Å². The highest BCUT2D eigenvalue weighted by atomic mass is 16.5. The van der Waals surface area contributed by atoms with Crippen molar-refractivity contribution in [2.45, 2.75) is 39.4 Å². The molecule has 23 heavy (non-hydrogen) atoms. The summed E-state index contributed by atoms with van der Waals surface area (Å²) < 4.78 is 5.96. The number of carbonyl (C=O) groups excluding carboxylic acids is 1. The van der Waals surface area contributed by atoms with Gasteiger partial charge in [0.15, 0.2) is 5.78 Å². The molecule has 0 amide bonds. The minimum absolute atomic E-state index is 0.0533. The molecule has 2 bridgehead atoms. The van der Waals surface area contributed by atoms with Gasteiger partial charge in [0.1, 0.15) is 5.76 Å². The van der Waals surface area contributed by atoms with Gasteiger partial charge in [-0.3, -0.25) is 4.79 Å². The van der Waals surface area contributed by atoms with Gasteiger partial charge < -0.3 is 9.84 Å². The lowest BCUT2D eigenvalue weighted by molar-refractivity contribution is -0.118. The van der Waals surface area contributed by atoms with E-state index in [4.69, 9.17) is 4.74 Å². The van der Waals surface area contributed by atoms with Crippen molar-refractivity contribution in [2.24, 2.45) is 17.8 Å². The Bertz CT molecular complexity index is 735. The predicted molar refractivity (Wildman–Crippen MR) is 89.2 cm³/mol. The van der Waals surface area contributed by atoms with Crippen LogP contribution in [0, 0.1) is 38.5 Å². The fourth-order valence-electron chi connectivity index (χ4n) is 4.95. The molecule has 3 heteroatoms. The maximum absolute atomic E-state index is 13.0. The Labute approximate surface area is 136 Å². The van der Waals surface area contributed by atoms with Crippen LogP contribution >= 0.6 is 0 Å². The van der Waals surface area contributed by atoms with E-state index in [2.05, 4.69) is 18.7 Å². The molecule has 3 aliphatic rings. The van der Waals surface area contributed by atoms with Crippen molar-refractivity contribution in [3.63, 3.8) is 0 Å². The SMILES string of the molecule is C=C[C@@H]1C[C@@H]2O[C@H]1[C@H]1C(O)=C(c3c(C)cc(C)cc3C)C(=O)[C@H]12. The van der Waals surface area contributed by atoms with Gasteiger partial charge in [-0.1, -0.05) is 23.8 Å². The van der Waals surface area contributed by atoms with Gasteiger partial charge in [-0.25, -0.2) is 0 Å². The van der Waals surface area contributed by atoms with Crippen molar-refractivity contribution in [1.82, 2.24) is 0 Å². The summed E-state index contributed by atoms with van der Waals surface area (Å²) in [7, 11) is 0. The minimum atomic E-state index is -0.216. The molecule has 0 unspecified atom stereocenters. The van der Waals surface area contributed by atoms with E-state index in [1.165, 1.54) is 5.56 Å². The summed E-state index contributed by atoms with van der Waals surface area (Å²) in [6, 6.07) is 4.14. The van der Waals surface area contributed by atoms with E-state index in [1.807, 2.05) is 26.8 Å². The Morgan fingerprint density at radius 1 is 1.22 bits per heavy atom. The van der Waals surface area contributed by atoms with Crippen LogP contribution in [0.2, 0.25) is 0 Å². The van der Waals surface area contributed by atoms with Crippen LogP contribution in [0.15, 0.2) is 30.5 Å². The molecule has 4 rings (SSSR count). The number of benzene rings is 1. The van der Waals surface area contributed by atoms with E-state index in [0.29, 0.717) is 5.57 Å². The highest BCUT2D eigenvalue weighted by Gasteiger charge is 2.61. The Kier molecular flexibility index (Phi) is 3.08. The maximum atomic E-state index is 13.0. The fourth-order valence-corrected chi connectivity index (χ4v) is 4.95. The van der Waals surface area contributed by atoms with Crippen LogP contribution in [0.25, 0.3) is 5.57 Å². The zero-order valence-corrected chi connectivity index (χ0v) is 13.8. The summed E-state index contributed by atoms with van der Waals surface area (Å²) in [6.45, 7) is 9.94. The molecular weight excluding hydrogens is 288 g/mol. The molecule has 0 radical (unpaired) electrons. The van der Waals surface area contributed by atoms with Crippen LogP contribution in [0.4, 0.5) is 0 Å². The minimum Gasteiger partial charge on any atom is -0.511 e. The van der Waals surface area contributed by atoms with Gasteiger partial charge in [0.05, 0.1) is 29.6 Å². The summed E-state index contributed by atoms with van der Waals surface area (Å²) in [5, 5.41) is 10.9. The smallest absolute Gasteiger partial charge is 0.173 e. The molecule has 0 saturated carbocycles. The van der Waals surface area contributed by atoms with E-state index < -0.39 is 0 Å². The zero-order valence-electron chi connectivity index (χ0n) is 13.8. The average molecular weight is 310 g/mol. The van der Waals surface area contributed by atoms with Crippen molar-refractivity contribution in [3.05, 3.63) is 52.8 Å². The molecule has 2 fully saturated rings. The molecule has 0 aromatic heterocycles. The molecule has 1 aromatic carbocycles. The molecule has 2 saturated heterocycles. The molecule has 3 nitrogen and oxygen atoms in total. The Balaban J connectivity index is 1.85. The first-order valence-electron chi connectivity index (χ1n) is 8.27. The van der Waals surface area contributed by atoms with Gasteiger partial charge in [-0.2, -0.15) is 0 Å². The number of aliphatic hydroxyl groups is 1. The number of aliphatic hydroxyl groups excluding tert-OH is 1. The Hall–Kier alpha value is -1.87. The third kappa shape index (κ3) is 1.83. The molecule has 120 valence electrons. The predicted octanol–water partition coefficient (Wildman–Crippen LogP) is 3.67. The number of hydrogen-bond donors (Lipinski definition) is 1. The Morgan fingerprint density at radius 3 is 2.48 bits per heavy atom. The van der Waals surface area contributed by atoms with Crippen LogP contribution in [-0.4, -0.2) is 23.1 Å². The number of Topliss-reactive ketones (excluding diaryl/α,β-unsaturated/α-hetero) is 1. The zero-order chi connectivity index (χ0) is 16.5. The van der Waals surface area contributed by atoms with E-state index in [1.54, 1.807) is 0 Å². The van der Waals surface area contributed by atoms with Crippen LogP contribution < -0.4 is 0 Å². The van der Waals surface area contributed by atoms with E-state index >= 15 is 0 Å². The number of allylic oxidation sites excluding steroid dienone is 1. The maximum Gasteiger partial charge on any atom is 0.173 e. The quantitative estimate of drug-likeness (QED) is 0.848. The second kappa shape index (κ2) is 4.81. The summed E-state index contributed by atoms with van der Waals surface area (Å²) in [4.78, 5) is 13.0.